The lowest BCUT2D eigenvalue weighted by Gasteiger charge is -2.31. The Balaban J connectivity index is 6.59. The molecule has 0 saturated heterocycles. The van der Waals surface area contributed by atoms with E-state index in [1.807, 2.05) is 0 Å². The second kappa shape index (κ2) is 4.95. The summed E-state index contributed by atoms with van der Waals surface area (Å²) in [5, 5.41) is 0. The van der Waals surface area contributed by atoms with Crippen molar-refractivity contribution < 1.29 is 48.3 Å². The SMILES string of the molecule is CN(C)C(=C(C(F)(F)F)C(F)(F)F)C(F)(F)C(F)(F)F. The lowest BCUT2D eigenvalue weighted by molar-refractivity contribution is -0.274. The summed E-state index contributed by atoms with van der Waals surface area (Å²) in [5.41, 5.74) is -7.12. The quantitative estimate of drug-likeness (QED) is 0.690. The standard InChI is InChI=1S/C8H6F11N/c1-20(2)4(5(9,10)8(17,18)19)3(6(11,12)13)7(14,15)16/h1-2H3. The van der Waals surface area contributed by atoms with Gasteiger partial charge in [0.1, 0.15) is 5.70 Å². The molecule has 0 bridgehead atoms. The van der Waals surface area contributed by atoms with E-state index in [2.05, 4.69) is 0 Å². The van der Waals surface area contributed by atoms with Crippen LogP contribution < -0.4 is 0 Å². The van der Waals surface area contributed by atoms with Crippen LogP contribution in [0.3, 0.4) is 0 Å². The molecule has 1 nitrogen and oxygen atoms in total. The van der Waals surface area contributed by atoms with Crippen LogP contribution in [0.4, 0.5) is 48.3 Å². The molecule has 0 aliphatic rings. The molecule has 0 spiro atoms. The van der Waals surface area contributed by atoms with Crippen molar-refractivity contribution in [2.24, 2.45) is 0 Å². The molecule has 0 rings (SSSR count). The minimum atomic E-state index is -6.62. The van der Waals surface area contributed by atoms with Gasteiger partial charge in [0, 0.05) is 14.1 Å². The van der Waals surface area contributed by atoms with Crippen LogP contribution in [0.2, 0.25) is 0 Å². The van der Waals surface area contributed by atoms with Crippen molar-refractivity contribution in [1.29, 1.82) is 0 Å². The van der Waals surface area contributed by atoms with E-state index in [4.69, 9.17) is 0 Å². The molecule has 0 N–H and O–H groups in total. The lowest BCUT2D eigenvalue weighted by atomic mass is 10.1. The summed E-state index contributed by atoms with van der Waals surface area (Å²) in [5.74, 6) is -6.32. The number of halogens is 11. The number of rotatable bonds is 2. The first-order chi connectivity index (χ1) is 8.44. The topological polar surface area (TPSA) is 3.24 Å². The molecule has 0 aromatic heterocycles. The minimum absolute atomic E-state index is 0.215. The third-order valence-corrected chi connectivity index (χ3v) is 1.90. The summed E-state index contributed by atoms with van der Waals surface area (Å²) in [6.45, 7) is 0. The second-order valence-electron chi connectivity index (χ2n) is 3.69. The van der Waals surface area contributed by atoms with Gasteiger partial charge in [-0.2, -0.15) is 48.3 Å². The molecular formula is C8H6F11N. The highest BCUT2D eigenvalue weighted by Gasteiger charge is 2.66. The summed E-state index contributed by atoms with van der Waals surface area (Å²) in [7, 11) is 0.429. The van der Waals surface area contributed by atoms with E-state index in [0.717, 1.165) is 0 Å². The molecule has 0 saturated carbocycles. The van der Waals surface area contributed by atoms with Crippen LogP contribution in [0.5, 0.6) is 0 Å². The van der Waals surface area contributed by atoms with E-state index in [-0.39, 0.29) is 14.1 Å². The molecule has 12 heteroatoms. The van der Waals surface area contributed by atoms with Crippen LogP contribution in [-0.4, -0.2) is 43.4 Å². The van der Waals surface area contributed by atoms with Gasteiger partial charge in [-0.05, 0) is 0 Å². The Bertz CT molecular complexity index is 365. The normalized spacial score (nSPS) is 14.2. The highest BCUT2D eigenvalue weighted by Crippen LogP contribution is 2.49. The fourth-order valence-corrected chi connectivity index (χ4v) is 1.22. The van der Waals surface area contributed by atoms with Gasteiger partial charge in [-0.1, -0.05) is 0 Å². The van der Waals surface area contributed by atoms with Gasteiger partial charge in [-0.15, -0.1) is 0 Å². The molecular weight excluding hydrogens is 319 g/mol. The van der Waals surface area contributed by atoms with Gasteiger partial charge in [0.15, 0.2) is 5.57 Å². The summed E-state index contributed by atoms with van der Waals surface area (Å²) in [6.07, 6.45) is -19.5. The molecule has 120 valence electrons. The molecule has 0 unspecified atom stereocenters. The highest BCUT2D eigenvalue weighted by molar-refractivity contribution is 5.29. The summed E-state index contributed by atoms with van der Waals surface area (Å²) in [4.78, 5) is -0.566. The average molecular weight is 325 g/mol. The number of nitrogens with zero attached hydrogens (tertiary/aromatic N) is 1. The first kappa shape index (κ1) is 18.8. The Morgan fingerprint density at radius 1 is 0.650 bits per heavy atom. The monoisotopic (exact) mass is 325 g/mol. The largest absolute Gasteiger partial charge is 0.459 e. The van der Waals surface area contributed by atoms with E-state index >= 15 is 0 Å². The summed E-state index contributed by atoms with van der Waals surface area (Å²) in [6, 6.07) is 0. The van der Waals surface area contributed by atoms with Gasteiger partial charge in [0.2, 0.25) is 0 Å². The van der Waals surface area contributed by atoms with E-state index in [1.54, 1.807) is 0 Å². The third kappa shape index (κ3) is 3.66. The summed E-state index contributed by atoms with van der Waals surface area (Å²) >= 11 is 0. The highest BCUT2D eigenvalue weighted by atomic mass is 19.4. The first-order valence-electron chi connectivity index (χ1n) is 4.45. The van der Waals surface area contributed by atoms with Crippen molar-refractivity contribution >= 4 is 0 Å². The number of allylic oxidation sites excluding steroid dienone is 2. The van der Waals surface area contributed by atoms with E-state index in [1.165, 1.54) is 0 Å². The van der Waals surface area contributed by atoms with Crippen molar-refractivity contribution in [2.75, 3.05) is 14.1 Å². The minimum Gasteiger partial charge on any atom is -0.375 e. The molecule has 0 atom stereocenters. The average Bonchev–Trinajstić information content (AvgIpc) is 2.06. The number of hydrogen-bond donors (Lipinski definition) is 0. The molecule has 0 aromatic carbocycles. The van der Waals surface area contributed by atoms with Crippen LogP contribution >= 0.6 is 0 Å². The molecule has 20 heavy (non-hydrogen) atoms. The Morgan fingerprint density at radius 2 is 0.950 bits per heavy atom. The maximum absolute atomic E-state index is 12.9. The van der Waals surface area contributed by atoms with Crippen LogP contribution in [-0.2, 0) is 0 Å². The van der Waals surface area contributed by atoms with Crippen LogP contribution in [0.1, 0.15) is 0 Å². The zero-order valence-corrected chi connectivity index (χ0v) is 9.60. The molecule has 0 aromatic rings. The summed E-state index contributed by atoms with van der Waals surface area (Å²) < 4.78 is 135. The van der Waals surface area contributed by atoms with Crippen molar-refractivity contribution in [3.8, 4) is 0 Å². The Kier molecular flexibility index (Phi) is 4.65. The van der Waals surface area contributed by atoms with E-state index in [9.17, 15) is 48.3 Å². The van der Waals surface area contributed by atoms with E-state index in [0.29, 0.717) is 0 Å². The maximum Gasteiger partial charge on any atom is 0.459 e. The van der Waals surface area contributed by atoms with Gasteiger partial charge < -0.3 is 4.90 Å². The van der Waals surface area contributed by atoms with Gasteiger partial charge >= 0.3 is 24.5 Å². The predicted molar refractivity (Wildman–Crippen MR) is 43.8 cm³/mol. The van der Waals surface area contributed by atoms with Gasteiger partial charge in [-0.3, -0.25) is 0 Å². The maximum atomic E-state index is 12.9. The zero-order chi connectivity index (χ0) is 16.7. The predicted octanol–water partition coefficient (Wildman–Crippen LogP) is 4.12. The van der Waals surface area contributed by atoms with Crippen LogP contribution in [0.15, 0.2) is 11.3 Å². The number of hydrogen-bond acceptors (Lipinski definition) is 1. The Labute approximate surface area is 104 Å². The Morgan fingerprint density at radius 3 is 1.10 bits per heavy atom. The lowest BCUT2D eigenvalue weighted by Crippen LogP contribution is -2.47. The fourth-order valence-electron chi connectivity index (χ4n) is 1.22. The smallest absolute Gasteiger partial charge is 0.375 e. The van der Waals surface area contributed by atoms with Crippen LogP contribution in [0.25, 0.3) is 0 Å². The van der Waals surface area contributed by atoms with E-state index < -0.39 is 40.6 Å². The fraction of sp³-hybridized carbons (Fsp3) is 0.750. The van der Waals surface area contributed by atoms with Gasteiger partial charge in [0.05, 0.1) is 0 Å². The van der Waals surface area contributed by atoms with Crippen molar-refractivity contribution in [3.63, 3.8) is 0 Å². The molecule has 0 fully saturated rings. The Hall–Kier alpha value is -1.23. The molecule has 0 aliphatic carbocycles. The van der Waals surface area contributed by atoms with Crippen molar-refractivity contribution in [3.05, 3.63) is 11.3 Å². The molecule has 0 heterocycles. The number of alkyl halides is 11. The van der Waals surface area contributed by atoms with Gasteiger partial charge in [-0.25, -0.2) is 0 Å². The van der Waals surface area contributed by atoms with Crippen molar-refractivity contribution in [2.45, 2.75) is 24.5 Å². The third-order valence-electron chi connectivity index (χ3n) is 1.90. The molecule has 0 amide bonds. The first-order valence-corrected chi connectivity index (χ1v) is 4.45. The van der Waals surface area contributed by atoms with Gasteiger partial charge in [0.25, 0.3) is 0 Å². The molecule has 0 radical (unpaired) electrons. The van der Waals surface area contributed by atoms with Crippen LogP contribution in [0, 0.1) is 0 Å². The molecule has 0 aliphatic heterocycles. The zero-order valence-electron chi connectivity index (χ0n) is 9.60. The van der Waals surface area contributed by atoms with Crippen molar-refractivity contribution in [1.82, 2.24) is 4.90 Å². The second-order valence-corrected chi connectivity index (χ2v) is 3.69.